The molecule has 1 aliphatic heterocycles. The number of hydrogen-bond acceptors (Lipinski definition) is 4. The van der Waals surface area contributed by atoms with Gasteiger partial charge in [0.15, 0.2) is 0 Å². The van der Waals surface area contributed by atoms with Crippen LogP contribution in [0.4, 0.5) is 0 Å². The van der Waals surface area contributed by atoms with E-state index < -0.39 is 0 Å². The average molecular weight is 375 g/mol. The molecule has 3 aromatic rings. The summed E-state index contributed by atoms with van der Waals surface area (Å²) in [6.07, 6.45) is 6.44. The third-order valence-corrected chi connectivity index (χ3v) is 5.89. The number of aromatic nitrogens is 1. The van der Waals surface area contributed by atoms with E-state index in [1.807, 2.05) is 42.5 Å². The van der Waals surface area contributed by atoms with Gasteiger partial charge in [-0.15, -0.1) is 0 Å². The Morgan fingerprint density at radius 1 is 1.18 bits per heavy atom. The molecule has 1 N–H and O–H groups in total. The fourth-order valence-corrected chi connectivity index (χ4v) is 4.20. The Bertz CT molecular complexity index is 973. The Balaban J connectivity index is 1.40. The quantitative estimate of drug-likeness (QED) is 0.699. The van der Waals surface area contributed by atoms with Crippen LogP contribution in [0.1, 0.15) is 59.5 Å². The summed E-state index contributed by atoms with van der Waals surface area (Å²) in [6.45, 7) is 2.64. The summed E-state index contributed by atoms with van der Waals surface area (Å²) < 4.78 is 5.67. The Kier molecular flexibility index (Phi) is 4.61. The molecule has 5 nitrogen and oxygen atoms in total. The Morgan fingerprint density at radius 2 is 2.00 bits per heavy atom. The minimum Gasteiger partial charge on any atom is -0.468 e. The van der Waals surface area contributed by atoms with E-state index in [2.05, 4.69) is 10.2 Å². The van der Waals surface area contributed by atoms with Gasteiger partial charge in [-0.1, -0.05) is 18.2 Å². The van der Waals surface area contributed by atoms with E-state index in [4.69, 9.17) is 9.40 Å². The highest BCUT2D eigenvalue weighted by Gasteiger charge is 2.28. The van der Waals surface area contributed by atoms with Crippen LogP contribution in [0.5, 0.6) is 0 Å². The summed E-state index contributed by atoms with van der Waals surface area (Å²) in [6, 6.07) is 13.9. The van der Waals surface area contributed by atoms with Crippen LogP contribution in [0.15, 0.2) is 53.1 Å². The van der Waals surface area contributed by atoms with Crippen molar-refractivity contribution in [3.63, 3.8) is 0 Å². The van der Waals surface area contributed by atoms with Crippen molar-refractivity contribution in [1.82, 2.24) is 15.2 Å². The first-order valence-corrected chi connectivity index (χ1v) is 10.2. The van der Waals surface area contributed by atoms with Crippen molar-refractivity contribution in [2.45, 2.75) is 37.6 Å². The monoisotopic (exact) mass is 375 g/mol. The first-order chi connectivity index (χ1) is 13.8. The van der Waals surface area contributed by atoms with E-state index in [1.165, 1.54) is 25.7 Å². The summed E-state index contributed by atoms with van der Waals surface area (Å²) in [4.78, 5) is 20.3. The highest BCUT2D eigenvalue weighted by Crippen LogP contribution is 2.40. The molecule has 1 amide bonds. The van der Waals surface area contributed by atoms with Crippen molar-refractivity contribution in [3.8, 4) is 0 Å². The molecular weight excluding hydrogens is 350 g/mol. The number of hydrogen-bond donors (Lipinski definition) is 1. The number of benzene rings is 1. The number of para-hydroxylation sites is 1. The van der Waals surface area contributed by atoms with Gasteiger partial charge in [-0.25, -0.2) is 0 Å². The molecule has 2 fully saturated rings. The molecule has 28 heavy (non-hydrogen) atoms. The molecule has 0 unspecified atom stereocenters. The molecule has 1 atom stereocenters. The fraction of sp³-hybridized carbons (Fsp3) is 0.391. The van der Waals surface area contributed by atoms with Gasteiger partial charge >= 0.3 is 0 Å². The maximum Gasteiger partial charge on any atom is 0.252 e. The second-order valence-electron chi connectivity index (χ2n) is 7.87. The van der Waals surface area contributed by atoms with Crippen LogP contribution in [-0.4, -0.2) is 35.4 Å². The zero-order chi connectivity index (χ0) is 18.9. The molecule has 5 rings (SSSR count). The number of fused-ring (bicyclic) bond motifs is 1. The summed E-state index contributed by atoms with van der Waals surface area (Å²) >= 11 is 0. The van der Waals surface area contributed by atoms with Crippen molar-refractivity contribution in [3.05, 3.63) is 65.7 Å². The maximum atomic E-state index is 13.2. The first-order valence-electron chi connectivity index (χ1n) is 10.2. The molecule has 1 saturated heterocycles. The predicted molar refractivity (Wildman–Crippen MR) is 108 cm³/mol. The molecule has 5 heteroatoms. The van der Waals surface area contributed by atoms with Gasteiger partial charge < -0.3 is 9.73 Å². The van der Waals surface area contributed by atoms with Crippen molar-refractivity contribution in [1.29, 1.82) is 0 Å². The largest absolute Gasteiger partial charge is 0.468 e. The van der Waals surface area contributed by atoms with Crippen molar-refractivity contribution in [2.24, 2.45) is 0 Å². The minimum absolute atomic E-state index is 0.0312. The van der Waals surface area contributed by atoms with Gasteiger partial charge in [0.2, 0.25) is 0 Å². The lowest BCUT2D eigenvalue weighted by molar-refractivity contribution is 0.0935. The zero-order valence-electron chi connectivity index (χ0n) is 15.9. The molecule has 0 spiro atoms. The summed E-state index contributed by atoms with van der Waals surface area (Å²) in [5.74, 6) is 1.40. The van der Waals surface area contributed by atoms with Gasteiger partial charge in [0, 0.05) is 23.5 Å². The van der Waals surface area contributed by atoms with Crippen LogP contribution >= 0.6 is 0 Å². The SMILES string of the molecule is O=C(NC[C@@H](c1ccco1)N1CCCC1)c1cc(C2CC2)nc2ccccc12. The second kappa shape index (κ2) is 7.40. The molecule has 1 aromatic carbocycles. The topological polar surface area (TPSA) is 58.4 Å². The lowest BCUT2D eigenvalue weighted by Crippen LogP contribution is -2.36. The van der Waals surface area contributed by atoms with Crippen LogP contribution in [0, 0.1) is 0 Å². The van der Waals surface area contributed by atoms with Gasteiger partial charge in [0.05, 0.1) is 23.4 Å². The van der Waals surface area contributed by atoms with E-state index in [0.29, 0.717) is 12.5 Å². The van der Waals surface area contributed by atoms with Gasteiger partial charge in [0.25, 0.3) is 5.91 Å². The predicted octanol–water partition coefficient (Wildman–Crippen LogP) is 4.27. The van der Waals surface area contributed by atoms with E-state index in [-0.39, 0.29) is 11.9 Å². The number of furan rings is 1. The minimum atomic E-state index is -0.0312. The molecule has 3 heterocycles. The fourth-order valence-electron chi connectivity index (χ4n) is 4.20. The number of carbonyl (C=O) groups is 1. The van der Waals surface area contributed by atoms with Crippen LogP contribution in [0.25, 0.3) is 10.9 Å². The maximum absolute atomic E-state index is 13.2. The molecule has 2 aromatic heterocycles. The Hall–Kier alpha value is -2.66. The third-order valence-electron chi connectivity index (χ3n) is 5.89. The smallest absolute Gasteiger partial charge is 0.252 e. The third kappa shape index (κ3) is 3.42. The lowest BCUT2D eigenvalue weighted by atomic mass is 10.0. The Labute approximate surface area is 164 Å². The van der Waals surface area contributed by atoms with E-state index >= 15 is 0 Å². The summed E-state index contributed by atoms with van der Waals surface area (Å²) in [7, 11) is 0. The van der Waals surface area contributed by atoms with Crippen molar-refractivity contribution in [2.75, 3.05) is 19.6 Å². The second-order valence-corrected chi connectivity index (χ2v) is 7.87. The Morgan fingerprint density at radius 3 is 2.75 bits per heavy atom. The molecular formula is C23H25N3O2. The number of rotatable bonds is 6. The van der Waals surface area contributed by atoms with Gasteiger partial charge in [0.1, 0.15) is 5.76 Å². The molecule has 0 bridgehead atoms. The van der Waals surface area contributed by atoms with E-state index in [0.717, 1.165) is 41.0 Å². The lowest BCUT2D eigenvalue weighted by Gasteiger charge is -2.26. The molecule has 1 saturated carbocycles. The molecule has 0 radical (unpaired) electrons. The van der Waals surface area contributed by atoms with Crippen molar-refractivity contribution >= 4 is 16.8 Å². The van der Waals surface area contributed by atoms with Crippen LogP contribution < -0.4 is 5.32 Å². The molecule has 2 aliphatic rings. The number of likely N-dealkylation sites (tertiary alicyclic amines) is 1. The standard InChI is InChI=1S/C23H25N3O2/c27-23(24-15-21(22-8-5-13-28-22)26-11-3-4-12-26)18-14-20(16-9-10-16)25-19-7-2-1-6-17(18)19/h1-2,5-8,13-14,16,21H,3-4,9-12,15H2,(H,24,27)/t21-/m0/s1. The normalized spacial score (nSPS) is 18.4. The first kappa shape index (κ1) is 17.4. The summed E-state index contributed by atoms with van der Waals surface area (Å²) in [5.41, 5.74) is 2.68. The zero-order valence-corrected chi connectivity index (χ0v) is 15.9. The van der Waals surface area contributed by atoms with Crippen LogP contribution in [-0.2, 0) is 0 Å². The van der Waals surface area contributed by atoms with E-state index in [1.54, 1.807) is 6.26 Å². The molecule has 1 aliphatic carbocycles. The van der Waals surface area contributed by atoms with Gasteiger partial charge in [-0.3, -0.25) is 14.7 Å². The van der Waals surface area contributed by atoms with E-state index in [9.17, 15) is 4.79 Å². The average Bonchev–Trinajstić information content (AvgIpc) is 3.18. The van der Waals surface area contributed by atoms with Crippen LogP contribution in [0.3, 0.4) is 0 Å². The van der Waals surface area contributed by atoms with Gasteiger partial charge in [-0.05, 0) is 63.0 Å². The number of pyridine rings is 1. The number of nitrogens with one attached hydrogen (secondary N) is 1. The number of carbonyl (C=O) groups excluding carboxylic acids is 1. The number of amides is 1. The number of nitrogens with zero attached hydrogens (tertiary/aromatic N) is 2. The summed E-state index contributed by atoms with van der Waals surface area (Å²) in [5, 5.41) is 4.09. The highest BCUT2D eigenvalue weighted by molar-refractivity contribution is 6.06. The van der Waals surface area contributed by atoms with Crippen LogP contribution in [0.2, 0.25) is 0 Å². The highest BCUT2D eigenvalue weighted by atomic mass is 16.3. The molecule has 144 valence electrons. The van der Waals surface area contributed by atoms with Gasteiger partial charge in [-0.2, -0.15) is 0 Å². The van der Waals surface area contributed by atoms with Crippen molar-refractivity contribution < 1.29 is 9.21 Å².